The summed E-state index contributed by atoms with van der Waals surface area (Å²) in [6.45, 7) is -0.454. The minimum atomic E-state index is -4.79. The van der Waals surface area contributed by atoms with Crippen LogP contribution in [0, 0.1) is 0 Å². The molecule has 4 rings (SSSR count). The molecule has 1 saturated heterocycles. The molecular formula is C14H14F4N6O3. The largest absolute Gasteiger partial charge is 0.470 e. The zero-order valence-electron chi connectivity index (χ0n) is 13.8. The van der Waals surface area contributed by atoms with E-state index in [9.17, 15) is 27.2 Å². The summed E-state index contributed by atoms with van der Waals surface area (Å²) >= 11 is 0. The number of carbonyl (C=O) groups is 1. The molecule has 1 atom stereocenters. The number of nitrogens with zero attached hydrogens (tertiary/aromatic N) is 6. The van der Waals surface area contributed by atoms with E-state index in [1.54, 1.807) is 0 Å². The van der Waals surface area contributed by atoms with Crippen molar-refractivity contribution in [3.8, 4) is 0 Å². The topological polar surface area (TPSA) is 99.0 Å². The number of likely N-dealkylation sites (tertiary alicyclic amines) is 1. The maximum atomic E-state index is 13.0. The van der Waals surface area contributed by atoms with E-state index >= 15 is 0 Å². The van der Waals surface area contributed by atoms with Crippen molar-refractivity contribution in [2.75, 3.05) is 13.1 Å². The van der Waals surface area contributed by atoms with Gasteiger partial charge in [-0.15, -0.1) is 10.2 Å². The van der Waals surface area contributed by atoms with Gasteiger partial charge in [0.15, 0.2) is 0 Å². The molecule has 0 aliphatic carbocycles. The van der Waals surface area contributed by atoms with Crippen molar-refractivity contribution >= 4 is 5.91 Å². The van der Waals surface area contributed by atoms with Gasteiger partial charge in [-0.3, -0.25) is 9.36 Å². The van der Waals surface area contributed by atoms with Crippen LogP contribution in [0.1, 0.15) is 36.5 Å². The Morgan fingerprint density at radius 2 is 2.00 bits per heavy atom. The quantitative estimate of drug-likeness (QED) is 0.710. The van der Waals surface area contributed by atoms with Crippen LogP contribution in [0.5, 0.6) is 0 Å². The summed E-state index contributed by atoms with van der Waals surface area (Å²) in [6, 6.07) is -0.795. The number of rotatable bonds is 3. The van der Waals surface area contributed by atoms with Crippen LogP contribution in [0.25, 0.3) is 0 Å². The molecule has 27 heavy (non-hydrogen) atoms. The van der Waals surface area contributed by atoms with Crippen molar-refractivity contribution in [3.05, 3.63) is 28.1 Å². The van der Waals surface area contributed by atoms with Gasteiger partial charge in [-0.25, -0.2) is 13.9 Å². The predicted octanol–water partition coefficient (Wildman–Crippen LogP) is 0.553. The van der Waals surface area contributed by atoms with E-state index in [0.29, 0.717) is 25.1 Å². The molecule has 1 amide bonds. The number of halogens is 4. The lowest BCUT2D eigenvalue weighted by Gasteiger charge is -2.37. The number of aromatic nitrogens is 5. The summed E-state index contributed by atoms with van der Waals surface area (Å²) in [5, 5.41) is 10.3. The minimum absolute atomic E-state index is 0.00421. The Bertz CT molecular complexity index is 926. The molecule has 0 radical (unpaired) electrons. The second-order valence-corrected chi connectivity index (χ2v) is 6.47. The zero-order chi connectivity index (χ0) is 19.3. The highest BCUT2D eigenvalue weighted by Crippen LogP contribution is 2.28. The Morgan fingerprint density at radius 1 is 1.26 bits per heavy atom. The predicted molar refractivity (Wildman–Crippen MR) is 78.3 cm³/mol. The van der Waals surface area contributed by atoms with Gasteiger partial charge in [0, 0.05) is 6.42 Å². The Morgan fingerprint density at radius 3 is 2.63 bits per heavy atom. The van der Waals surface area contributed by atoms with Crippen LogP contribution in [0.4, 0.5) is 17.6 Å². The highest BCUT2D eigenvalue weighted by Gasteiger charge is 2.40. The summed E-state index contributed by atoms with van der Waals surface area (Å²) < 4.78 is 57.3. The second-order valence-electron chi connectivity index (χ2n) is 6.47. The Balaban J connectivity index is 1.59. The lowest BCUT2D eigenvalue weighted by Crippen LogP contribution is -2.54. The lowest BCUT2D eigenvalue weighted by molar-refractivity contribution is -0.157. The van der Waals surface area contributed by atoms with Crippen molar-refractivity contribution in [2.24, 2.45) is 0 Å². The van der Waals surface area contributed by atoms with E-state index in [0.717, 1.165) is 4.68 Å². The summed E-state index contributed by atoms with van der Waals surface area (Å²) in [6.07, 6.45) is -4.39. The first-order chi connectivity index (χ1) is 12.7. The average Bonchev–Trinajstić information content (AvgIpc) is 3.17. The third-order valence-electron chi connectivity index (χ3n) is 4.56. The van der Waals surface area contributed by atoms with Gasteiger partial charge in [-0.1, -0.05) is 0 Å². The molecule has 0 unspecified atom stereocenters. The fourth-order valence-electron chi connectivity index (χ4n) is 3.24. The normalized spacial score (nSPS) is 20.4. The first-order valence-electron chi connectivity index (χ1n) is 8.24. The molecule has 0 saturated carbocycles. The Hall–Kier alpha value is -2.73. The van der Waals surface area contributed by atoms with E-state index in [-0.39, 0.29) is 19.0 Å². The standard InChI is InChI=1S/C14H14F4N6O3/c15-7-4-22(5-7)11(25)8-2-1-3-9-21-23(13(26)24(8)9)6-10-19-20-12(27-10)14(16,17)18/h7-8H,1-6H2/t8-/m0/s1. The number of hydrogen-bond donors (Lipinski definition) is 0. The van der Waals surface area contributed by atoms with E-state index in [4.69, 9.17) is 0 Å². The van der Waals surface area contributed by atoms with Crippen LogP contribution in [0.2, 0.25) is 0 Å². The molecule has 0 N–H and O–H groups in total. The molecule has 13 heteroatoms. The highest BCUT2D eigenvalue weighted by molar-refractivity contribution is 5.81. The van der Waals surface area contributed by atoms with Crippen molar-refractivity contribution in [3.63, 3.8) is 0 Å². The monoisotopic (exact) mass is 390 g/mol. The first kappa shape index (κ1) is 17.7. The van der Waals surface area contributed by atoms with Gasteiger partial charge in [-0.2, -0.15) is 18.3 Å². The van der Waals surface area contributed by atoms with E-state index in [1.165, 1.54) is 9.47 Å². The summed E-state index contributed by atoms with van der Waals surface area (Å²) in [5.41, 5.74) is -0.660. The molecule has 0 bridgehead atoms. The van der Waals surface area contributed by atoms with Gasteiger partial charge in [-0.05, 0) is 12.8 Å². The number of carbonyl (C=O) groups excluding carboxylic acids is 1. The first-order valence-corrected chi connectivity index (χ1v) is 8.24. The van der Waals surface area contributed by atoms with Crippen molar-refractivity contribution in [1.82, 2.24) is 29.4 Å². The van der Waals surface area contributed by atoms with Crippen molar-refractivity contribution in [2.45, 2.75) is 44.2 Å². The average molecular weight is 390 g/mol. The molecule has 0 aromatic carbocycles. The number of fused-ring (bicyclic) bond motifs is 1. The number of alkyl halides is 4. The Labute approximate surface area is 148 Å². The van der Waals surface area contributed by atoms with Crippen molar-refractivity contribution < 1.29 is 26.8 Å². The third-order valence-corrected chi connectivity index (χ3v) is 4.56. The maximum Gasteiger partial charge on any atom is 0.470 e. The Kier molecular flexibility index (Phi) is 4.03. The van der Waals surface area contributed by atoms with Crippen LogP contribution < -0.4 is 5.69 Å². The van der Waals surface area contributed by atoms with Crippen molar-refractivity contribution in [1.29, 1.82) is 0 Å². The summed E-state index contributed by atoms with van der Waals surface area (Å²) in [7, 11) is 0. The maximum absolute atomic E-state index is 13.0. The second kappa shape index (κ2) is 6.16. The smallest absolute Gasteiger partial charge is 0.415 e. The van der Waals surface area contributed by atoms with Gasteiger partial charge < -0.3 is 9.32 Å². The highest BCUT2D eigenvalue weighted by atomic mass is 19.4. The summed E-state index contributed by atoms with van der Waals surface area (Å²) in [5.74, 6) is -1.95. The van der Waals surface area contributed by atoms with Gasteiger partial charge in [0.25, 0.3) is 0 Å². The fourth-order valence-corrected chi connectivity index (χ4v) is 3.24. The molecule has 2 aliphatic rings. The van der Waals surface area contributed by atoms with Crippen LogP contribution >= 0.6 is 0 Å². The summed E-state index contributed by atoms with van der Waals surface area (Å²) in [4.78, 5) is 26.5. The number of amides is 1. The molecule has 1 fully saturated rings. The van der Waals surface area contributed by atoms with Crippen LogP contribution in [0.3, 0.4) is 0 Å². The molecule has 4 heterocycles. The molecule has 2 aromatic rings. The van der Waals surface area contributed by atoms with Crippen LogP contribution in [-0.4, -0.2) is 54.6 Å². The van der Waals surface area contributed by atoms with E-state index in [1.807, 2.05) is 0 Å². The van der Waals surface area contributed by atoms with Gasteiger partial charge in [0.2, 0.25) is 11.8 Å². The van der Waals surface area contributed by atoms with Crippen LogP contribution in [0.15, 0.2) is 9.21 Å². The minimum Gasteiger partial charge on any atom is -0.415 e. The molecular weight excluding hydrogens is 376 g/mol. The zero-order valence-corrected chi connectivity index (χ0v) is 13.8. The SMILES string of the molecule is O=C([C@@H]1CCCc2nn(Cc3nnc(C(F)(F)F)o3)c(=O)n21)N1CC(F)C1. The van der Waals surface area contributed by atoms with Gasteiger partial charge in [0.1, 0.15) is 24.6 Å². The molecule has 9 nitrogen and oxygen atoms in total. The van der Waals surface area contributed by atoms with Gasteiger partial charge in [0.05, 0.1) is 13.1 Å². The van der Waals surface area contributed by atoms with E-state index < -0.39 is 42.4 Å². The lowest BCUT2D eigenvalue weighted by atomic mass is 10.0. The number of hydrogen-bond acceptors (Lipinski definition) is 6. The molecule has 0 spiro atoms. The fraction of sp³-hybridized carbons (Fsp3) is 0.643. The van der Waals surface area contributed by atoms with Crippen LogP contribution in [-0.2, 0) is 23.9 Å². The molecule has 2 aliphatic heterocycles. The van der Waals surface area contributed by atoms with Gasteiger partial charge >= 0.3 is 17.8 Å². The number of aryl methyl sites for hydroxylation is 1. The molecule has 146 valence electrons. The third kappa shape index (κ3) is 3.10. The molecule has 2 aromatic heterocycles. The van der Waals surface area contributed by atoms with E-state index in [2.05, 4.69) is 19.7 Å².